The molecule has 1 aromatic rings. The summed E-state index contributed by atoms with van der Waals surface area (Å²) in [5, 5.41) is 12.1. The van der Waals surface area contributed by atoms with E-state index >= 15 is 0 Å². The lowest BCUT2D eigenvalue weighted by molar-refractivity contribution is -0.147. The number of halogens is 1. The minimum atomic E-state index is -0.915. The number of rotatable bonds is 4. The third-order valence-corrected chi connectivity index (χ3v) is 4.88. The van der Waals surface area contributed by atoms with Crippen LogP contribution in [0.4, 0.5) is 0 Å². The Labute approximate surface area is 126 Å². The molecule has 0 saturated heterocycles. The van der Waals surface area contributed by atoms with Crippen LogP contribution in [-0.2, 0) is 9.59 Å². The van der Waals surface area contributed by atoms with Gasteiger partial charge in [-0.3, -0.25) is 9.59 Å². The molecule has 0 spiro atoms. The molecule has 1 aliphatic rings. The molecule has 2 rings (SSSR count). The number of carboxylic acids is 1. The molecule has 4 nitrogen and oxygen atoms in total. The van der Waals surface area contributed by atoms with E-state index in [9.17, 15) is 14.7 Å². The van der Waals surface area contributed by atoms with Crippen LogP contribution in [0.15, 0.2) is 24.3 Å². The van der Waals surface area contributed by atoms with Crippen LogP contribution >= 0.6 is 22.9 Å². The predicted molar refractivity (Wildman–Crippen MR) is 78.9 cm³/mol. The third kappa shape index (κ3) is 3.41. The number of carbonyl (C=O) groups is 2. The van der Waals surface area contributed by atoms with Gasteiger partial charge < -0.3 is 10.4 Å². The number of thiophene rings is 1. The normalized spacial score (nSPS) is 23.3. The number of carboxylic acid groups (broad SMARTS) is 1. The van der Waals surface area contributed by atoms with Crippen LogP contribution in [0.1, 0.15) is 30.7 Å². The average molecular weight is 314 g/mol. The summed E-state index contributed by atoms with van der Waals surface area (Å²) in [6.45, 7) is 1.87. The van der Waals surface area contributed by atoms with Gasteiger partial charge in [0.1, 0.15) is 0 Å². The summed E-state index contributed by atoms with van der Waals surface area (Å²) in [6, 6.07) is 3.49. The van der Waals surface area contributed by atoms with E-state index in [0.717, 1.165) is 4.88 Å². The molecule has 6 heteroatoms. The second-order valence-electron chi connectivity index (χ2n) is 4.87. The number of amides is 1. The van der Waals surface area contributed by atoms with E-state index in [1.807, 2.05) is 25.1 Å². The topological polar surface area (TPSA) is 66.4 Å². The maximum absolute atomic E-state index is 12.3. The highest BCUT2D eigenvalue weighted by molar-refractivity contribution is 7.16. The molecule has 0 unspecified atom stereocenters. The van der Waals surface area contributed by atoms with E-state index in [2.05, 4.69) is 5.32 Å². The molecule has 2 N–H and O–H groups in total. The van der Waals surface area contributed by atoms with E-state index < -0.39 is 17.8 Å². The van der Waals surface area contributed by atoms with Crippen molar-refractivity contribution in [1.82, 2.24) is 5.32 Å². The van der Waals surface area contributed by atoms with Crippen LogP contribution in [-0.4, -0.2) is 17.0 Å². The van der Waals surface area contributed by atoms with Gasteiger partial charge in [0.15, 0.2) is 0 Å². The van der Waals surface area contributed by atoms with Crippen LogP contribution in [0.25, 0.3) is 0 Å². The molecule has 0 fully saturated rings. The minimum absolute atomic E-state index is 0.166. The Morgan fingerprint density at radius 3 is 2.55 bits per heavy atom. The SMILES string of the molecule is C[C@H](NC(=O)[C@@H]1CC=CC[C@H]1C(=O)O)c1ccc(Cl)s1. The molecular formula is C14H16ClNO3S. The van der Waals surface area contributed by atoms with Crippen LogP contribution in [0.5, 0.6) is 0 Å². The summed E-state index contributed by atoms with van der Waals surface area (Å²) < 4.78 is 0.671. The van der Waals surface area contributed by atoms with Gasteiger partial charge in [0, 0.05) is 4.88 Å². The Kier molecular flexibility index (Phi) is 4.83. The quantitative estimate of drug-likeness (QED) is 0.839. The lowest BCUT2D eigenvalue weighted by atomic mass is 9.82. The molecule has 1 amide bonds. The molecule has 1 heterocycles. The summed E-state index contributed by atoms with van der Waals surface area (Å²) in [7, 11) is 0. The largest absolute Gasteiger partial charge is 0.481 e. The summed E-state index contributed by atoms with van der Waals surface area (Å²) in [6.07, 6.45) is 4.58. The van der Waals surface area contributed by atoms with Crippen molar-refractivity contribution in [3.63, 3.8) is 0 Å². The molecular weight excluding hydrogens is 298 g/mol. The minimum Gasteiger partial charge on any atom is -0.481 e. The molecule has 1 aliphatic carbocycles. The molecule has 0 aromatic carbocycles. The number of aliphatic carboxylic acids is 1. The number of hydrogen-bond donors (Lipinski definition) is 2. The van der Waals surface area contributed by atoms with Gasteiger partial charge in [-0.2, -0.15) is 0 Å². The Balaban J connectivity index is 2.03. The Hall–Kier alpha value is -1.33. The van der Waals surface area contributed by atoms with E-state index in [1.165, 1.54) is 11.3 Å². The fraction of sp³-hybridized carbons (Fsp3) is 0.429. The zero-order valence-corrected chi connectivity index (χ0v) is 12.6. The van der Waals surface area contributed by atoms with E-state index in [4.69, 9.17) is 11.6 Å². The maximum atomic E-state index is 12.3. The van der Waals surface area contributed by atoms with Crippen molar-refractivity contribution in [1.29, 1.82) is 0 Å². The standard InChI is InChI=1S/C14H16ClNO3S/c1-8(11-6-7-12(15)20-11)16-13(17)9-4-2-3-5-10(9)14(18)19/h2-3,6-10H,4-5H2,1H3,(H,16,17)(H,18,19)/t8-,9+,10+/m0/s1. The number of hydrogen-bond acceptors (Lipinski definition) is 3. The molecule has 0 saturated carbocycles. The summed E-state index contributed by atoms with van der Waals surface area (Å²) in [5.74, 6) is -2.27. The van der Waals surface area contributed by atoms with Gasteiger partial charge in [-0.05, 0) is 31.9 Å². The Morgan fingerprint density at radius 1 is 1.35 bits per heavy atom. The highest BCUT2D eigenvalue weighted by atomic mass is 35.5. The molecule has 20 heavy (non-hydrogen) atoms. The molecule has 0 radical (unpaired) electrons. The monoisotopic (exact) mass is 313 g/mol. The third-order valence-electron chi connectivity index (χ3n) is 3.47. The molecule has 0 aliphatic heterocycles. The second-order valence-corrected chi connectivity index (χ2v) is 6.61. The van der Waals surface area contributed by atoms with Crippen molar-refractivity contribution < 1.29 is 14.7 Å². The zero-order chi connectivity index (χ0) is 14.7. The number of nitrogens with one attached hydrogen (secondary N) is 1. The van der Waals surface area contributed by atoms with Crippen molar-refractivity contribution in [2.45, 2.75) is 25.8 Å². The highest BCUT2D eigenvalue weighted by Crippen LogP contribution is 2.29. The first-order chi connectivity index (χ1) is 9.49. The molecule has 3 atom stereocenters. The first-order valence-electron chi connectivity index (χ1n) is 6.42. The van der Waals surface area contributed by atoms with Gasteiger partial charge >= 0.3 is 5.97 Å². The van der Waals surface area contributed by atoms with Gasteiger partial charge in [0.25, 0.3) is 0 Å². The van der Waals surface area contributed by atoms with Crippen molar-refractivity contribution in [3.8, 4) is 0 Å². The maximum Gasteiger partial charge on any atom is 0.307 e. The number of allylic oxidation sites excluding steroid dienone is 2. The fourth-order valence-electron chi connectivity index (χ4n) is 2.33. The zero-order valence-electron chi connectivity index (χ0n) is 11.0. The predicted octanol–water partition coefficient (Wildman–Crippen LogP) is 3.25. The molecule has 0 bridgehead atoms. The van der Waals surface area contributed by atoms with Crippen molar-refractivity contribution in [3.05, 3.63) is 33.5 Å². The highest BCUT2D eigenvalue weighted by Gasteiger charge is 2.34. The first kappa shape index (κ1) is 15.1. The van der Waals surface area contributed by atoms with E-state index in [0.29, 0.717) is 17.2 Å². The van der Waals surface area contributed by atoms with Crippen molar-refractivity contribution in [2.24, 2.45) is 11.8 Å². The van der Waals surface area contributed by atoms with E-state index in [1.54, 1.807) is 6.07 Å². The van der Waals surface area contributed by atoms with Crippen LogP contribution in [0, 0.1) is 11.8 Å². The Morgan fingerprint density at radius 2 is 2.00 bits per heavy atom. The molecule has 108 valence electrons. The van der Waals surface area contributed by atoms with Crippen LogP contribution in [0.2, 0.25) is 4.34 Å². The van der Waals surface area contributed by atoms with Crippen molar-refractivity contribution >= 4 is 34.8 Å². The van der Waals surface area contributed by atoms with Gasteiger partial charge in [0.2, 0.25) is 5.91 Å². The molecule has 1 aromatic heterocycles. The summed E-state index contributed by atoms with van der Waals surface area (Å²) in [5.41, 5.74) is 0. The van der Waals surface area contributed by atoms with E-state index in [-0.39, 0.29) is 11.9 Å². The fourth-order valence-corrected chi connectivity index (χ4v) is 3.39. The first-order valence-corrected chi connectivity index (χ1v) is 7.62. The van der Waals surface area contributed by atoms with Crippen LogP contribution in [0.3, 0.4) is 0 Å². The lowest BCUT2D eigenvalue weighted by Gasteiger charge is -2.25. The van der Waals surface area contributed by atoms with Gasteiger partial charge in [-0.1, -0.05) is 23.8 Å². The summed E-state index contributed by atoms with van der Waals surface area (Å²) in [4.78, 5) is 24.4. The summed E-state index contributed by atoms with van der Waals surface area (Å²) >= 11 is 7.29. The van der Waals surface area contributed by atoms with Gasteiger partial charge in [-0.15, -0.1) is 11.3 Å². The van der Waals surface area contributed by atoms with Gasteiger partial charge in [-0.25, -0.2) is 0 Å². The number of carbonyl (C=O) groups excluding carboxylic acids is 1. The Bertz CT molecular complexity index is 540. The lowest BCUT2D eigenvalue weighted by Crippen LogP contribution is -2.39. The van der Waals surface area contributed by atoms with Crippen molar-refractivity contribution in [2.75, 3.05) is 0 Å². The smallest absolute Gasteiger partial charge is 0.307 e. The average Bonchev–Trinajstić information content (AvgIpc) is 2.85. The van der Waals surface area contributed by atoms with Crippen LogP contribution < -0.4 is 5.32 Å². The second kappa shape index (κ2) is 6.41. The van der Waals surface area contributed by atoms with Gasteiger partial charge in [0.05, 0.1) is 22.2 Å².